The van der Waals surface area contributed by atoms with Crippen LogP contribution in [0.1, 0.15) is 25.7 Å². The van der Waals surface area contributed by atoms with E-state index < -0.39 is 18.0 Å². The van der Waals surface area contributed by atoms with Crippen molar-refractivity contribution in [1.29, 1.82) is 0 Å². The lowest BCUT2D eigenvalue weighted by Crippen LogP contribution is -2.46. The van der Waals surface area contributed by atoms with Crippen LogP contribution in [0.15, 0.2) is 0 Å². The highest BCUT2D eigenvalue weighted by molar-refractivity contribution is 5.82. The first kappa shape index (κ1) is 14.3. The quantitative estimate of drug-likeness (QED) is 0.596. The normalized spacial score (nSPS) is 19.8. The van der Waals surface area contributed by atoms with Crippen LogP contribution in [0, 0.1) is 12.3 Å². The summed E-state index contributed by atoms with van der Waals surface area (Å²) in [7, 11) is 0. The lowest BCUT2D eigenvalue weighted by molar-refractivity contribution is -0.139. The molecular weight excluding hydrogens is 236 g/mol. The highest BCUT2D eigenvalue weighted by atomic mass is 16.5. The zero-order valence-corrected chi connectivity index (χ0v) is 10.1. The highest BCUT2D eigenvalue weighted by Crippen LogP contribution is 2.14. The first-order valence-corrected chi connectivity index (χ1v) is 5.95. The Labute approximate surface area is 106 Å². The van der Waals surface area contributed by atoms with Gasteiger partial charge in [0.25, 0.3) is 0 Å². The largest absolute Gasteiger partial charge is 0.480 e. The smallest absolute Gasteiger partial charge is 0.327 e. The summed E-state index contributed by atoms with van der Waals surface area (Å²) in [6, 6.07) is -1.56. The third kappa shape index (κ3) is 5.06. The molecule has 6 heteroatoms. The number of ether oxygens (including phenoxy) is 1. The van der Waals surface area contributed by atoms with Crippen LogP contribution in [-0.2, 0) is 9.53 Å². The number of amides is 2. The van der Waals surface area contributed by atoms with Crippen molar-refractivity contribution in [2.45, 2.75) is 37.8 Å². The summed E-state index contributed by atoms with van der Waals surface area (Å²) in [6.07, 6.45) is 8.00. The Bertz CT molecular complexity index is 331. The second-order valence-corrected chi connectivity index (χ2v) is 4.12. The molecule has 0 saturated carbocycles. The summed E-state index contributed by atoms with van der Waals surface area (Å²) < 4.78 is 5.40. The van der Waals surface area contributed by atoms with Crippen molar-refractivity contribution in [1.82, 2.24) is 10.6 Å². The average Bonchev–Trinajstić information content (AvgIpc) is 2.81. The molecule has 0 aromatic heterocycles. The number of carboxylic acid groups (broad SMARTS) is 1. The number of hydrogen-bond donors (Lipinski definition) is 3. The summed E-state index contributed by atoms with van der Waals surface area (Å²) in [5, 5.41) is 13.7. The van der Waals surface area contributed by atoms with Gasteiger partial charge < -0.3 is 20.5 Å². The topological polar surface area (TPSA) is 87.7 Å². The molecule has 6 nitrogen and oxygen atoms in total. The molecule has 0 aliphatic carbocycles. The zero-order valence-electron chi connectivity index (χ0n) is 10.1. The number of rotatable bonds is 6. The van der Waals surface area contributed by atoms with Gasteiger partial charge in [0, 0.05) is 19.6 Å². The van der Waals surface area contributed by atoms with E-state index in [2.05, 4.69) is 16.6 Å². The molecule has 1 aliphatic rings. The lowest BCUT2D eigenvalue weighted by atomic mass is 10.2. The predicted molar refractivity (Wildman–Crippen MR) is 65.0 cm³/mol. The number of hydrogen-bond acceptors (Lipinski definition) is 3. The van der Waals surface area contributed by atoms with Gasteiger partial charge >= 0.3 is 12.0 Å². The molecule has 2 atom stereocenters. The van der Waals surface area contributed by atoms with Crippen LogP contribution in [0.25, 0.3) is 0 Å². The first-order valence-electron chi connectivity index (χ1n) is 5.95. The molecule has 18 heavy (non-hydrogen) atoms. The maximum Gasteiger partial charge on any atom is 0.327 e. The minimum Gasteiger partial charge on any atom is -0.480 e. The van der Waals surface area contributed by atoms with Crippen LogP contribution < -0.4 is 10.6 Å². The molecule has 100 valence electrons. The Balaban J connectivity index is 2.19. The van der Waals surface area contributed by atoms with E-state index in [0.29, 0.717) is 6.54 Å². The standard InChI is InChI=1S/C12H18N2O4/c1-2-4-10(11(15)16)14-12(17)13-7-6-9-5-3-8-18-9/h1,9-10H,3-8H2,(H,15,16)(H2,13,14,17). The van der Waals surface area contributed by atoms with Gasteiger partial charge in [-0.05, 0) is 19.3 Å². The monoisotopic (exact) mass is 254 g/mol. The molecule has 0 spiro atoms. The molecule has 1 aliphatic heterocycles. The molecule has 0 aromatic carbocycles. The Hall–Kier alpha value is -1.74. The van der Waals surface area contributed by atoms with Gasteiger partial charge in [-0.15, -0.1) is 12.3 Å². The van der Waals surface area contributed by atoms with E-state index in [1.54, 1.807) is 0 Å². The molecule has 2 unspecified atom stereocenters. The minimum atomic E-state index is -1.14. The lowest BCUT2D eigenvalue weighted by Gasteiger charge is -2.14. The Morgan fingerprint density at radius 2 is 2.33 bits per heavy atom. The molecule has 0 radical (unpaired) electrons. The molecular formula is C12H18N2O4. The van der Waals surface area contributed by atoms with E-state index in [0.717, 1.165) is 25.9 Å². The maximum absolute atomic E-state index is 11.4. The van der Waals surface area contributed by atoms with Crippen LogP contribution >= 0.6 is 0 Å². The average molecular weight is 254 g/mol. The molecule has 2 amide bonds. The van der Waals surface area contributed by atoms with Gasteiger partial charge in [-0.1, -0.05) is 0 Å². The van der Waals surface area contributed by atoms with Gasteiger partial charge in [-0.25, -0.2) is 9.59 Å². The van der Waals surface area contributed by atoms with Gasteiger partial charge in [0.15, 0.2) is 0 Å². The van der Waals surface area contributed by atoms with Crippen molar-refractivity contribution < 1.29 is 19.4 Å². The van der Waals surface area contributed by atoms with Gasteiger partial charge in [0.1, 0.15) is 6.04 Å². The van der Waals surface area contributed by atoms with E-state index in [9.17, 15) is 9.59 Å². The number of carbonyl (C=O) groups excluding carboxylic acids is 1. The third-order valence-electron chi connectivity index (χ3n) is 2.70. The number of terminal acetylenes is 1. The fraction of sp³-hybridized carbons (Fsp3) is 0.667. The minimum absolute atomic E-state index is 0.0332. The number of carbonyl (C=O) groups is 2. The second-order valence-electron chi connectivity index (χ2n) is 4.12. The molecule has 1 saturated heterocycles. The Kier molecular flexibility index (Phi) is 6.01. The van der Waals surface area contributed by atoms with Gasteiger partial charge in [-0.2, -0.15) is 0 Å². The summed E-state index contributed by atoms with van der Waals surface area (Å²) in [4.78, 5) is 22.2. The van der Waals surface area contributed by atoms with Crippen LogP contribution in [0.4, 0.5) is 4.79 Å². The number of urea groups is 1. The molecule has 0 bridgehead atoms. The first-order chi connectivity index (χ1) is 8.63. The van der Waals surface area contributed by atoms with Crippen molar-refractivity contribution in [2.24, 2.45) is 0 Å². The van der Waals surface area contributed by atoms with Crippen LogP contribution in [0.2, 0.25) is 0 Å². The van der Waals surface area contributed by atoms with Crippen LogP contribution in [0.3, 0.4) is 0 Å². The molecule has 1 heterocycles. The fourth-order valence-corrected chi connectivity index (χ4v) is 1.75. The molecule has 3 N–H and O–H groups in total. The van der Waals surface area contributed by atoms with E-state index >= 15 is 0 Å². The van der Waals surface area contributed by atoms with Crippen molar-refractivity contribution in [3.8, 4) is 12.3 Å². The molecule has 1 fully saturated rings. The summed E-state index contributed by atoms with van der Waals surface area (Å²) in [5.41, 5.74) is 0. The number of carboxylic acids is 1. The summed E-state index contributed by atoms with van der Waals surface area (Å²) >= 11 is 0. The maximum atomic E-state index is 11.4. The van der Waals surface area contributed by atoms with Gasteiger partial charge in [-0.3, -0.25) is 0 Å². The van der Waals surface area contributed by atoms with Crippen molar-refractivity contribution >= 4 is 12.0 Å². The second kappa shape index (κ2) is 7.56. The number of aliphatic carboxylic acids is 1. The van der Waals surface area contributed by atoms with Crippen LogP contribution in [-0.4, -0.2) is 42.4 Å². The summed E-state index contributed by atoms with van der Waals surface area (Å²) in [5.74, 6) is 1.08. The molecule has 0 aromatic rings. The molecule has 1 rings (SSSR count). The van der Waals surface area contributed by atoms with Crippen LogP contribution in [0.5, 0.6) is 0 Å². The third-order valence-corrected chi connectivity index (χ3v) is 2.70. The highest BCUT2D eigenvalue weighted by Gasteiger charge is 2.19. The van der Waals surface area contributed by atoms with Crippen molar-refractivity contribution in [3.63, 3.8) is 0 Å². The van der Waals surface area contributed by atoms with E-state index in [-0.39, 0.29) is 12.5 Å². The van der Waals surface area contributed by atoms with E-state index in [1.807, 2.05) is 0 Å². The van der Waals surface area contributed by atoms with E-state index in [4.69, 9.17) is 16.3 Å². The number of nitrogens with one attached hydrogen (secondary N) is 2. The van der Waals surface area contributed by atoms with Crippen molar-refractivity contribution in [3.05, 3.63) is 0 Å². The fourth-order valence-electron chi connectivity index (χ4n) is 1.75. The predicted octanol–water partition coefficient (Wildman–Crippen LogP) is 0.331. The van der Waals surface area contributed by atoms with E-state index in [1.165, 1.54) is 0 Å². The Morgan fingerprint density at radius 3 is 2.89 bits per heavy atom. The summed E-state index contributed by atoms with van der Waals surface area (Å²) in [6.45, 7) is 1.24. The van der Waals surface area contributed by atoms with Gasteiger partial charge in [0.2, 0.25) is 0 Å². The zero-order chi connectivity index (χ0) is 13.4. The SMILES string of the molecule is C#CCC(NC(=O)NCCC1CCCO1)C(=O)O. The Morgan fingerprint density at radius 1 is 1.56 bits per heavy atom. The van der Waals surface area contributed by atoms with Gasteiger partial charge in [0.05, 0.1) is 6.10 Å². The van der Waals surface area contributed by atoms with Crippen molar-refractivity contribution in [2.75, 3.05) is 13.2 Å².